The van der Waals surface area contributed by atoms with Gasteiger partial charge in [-0.25, -0.2) is 0 Å². The topological polar surface area (TPSA) is 23.6 Å². The molecule has 2 aliphatic heterocycles. The van der Waals surface area contributed by atoms with Gasteiger partial charge in [0.05, 0.1) is 0 Å². The second-order valence-electron chi connectivity index (χ2n) is 7.08. The molecule has 3 heteroatoms. The first-order chi connectivity index (χ1) is 10.2. The molecule has 0 N–H and O–H groups in total. The van der Waals surface area contributed by atoms with E-state index >= 15 is 0 Å². The average molecular weight is 284 g/mol. The number of rotatable bonds is 2. The summed E-state index contributed by atoms with van der Waals surface area (Å²) in [6.45, 7) is 3.00. The van der Waals surface area contributed by atoms with Gasteiger partial charge in [0.2, 0.25) is 5.91 Å². The minimum absolute atomic E-state index is 0.260. The molecule has 21 heavy (non-hydrogen) atoms. The summed E-state index contributed by atoms with van der Waals surface area (Å²) >= 11 is 0. The molecule has 0 aromatic heterocycles. The number of nitrogens with zero attached hydrogens (tertiary/aromatic N) is 2. The lowest BCUT2D eigenvalue weighted by atomic mass is 9.69. The van der Waals surface area contributed by atoms with E-state index in [1.54, 1.807) is 0 Å². The lowest BCUT2D eigenvalue weighted by Gasteiger charge is -2.46. The summed E-state index contributed by atoms with van der Waals surface area (Å²) in [5, 5.41) is 0. The Morgan fingerprint density at radius 3 is 2.57 bits per heavy atom. The lowest BCUT2D eigenvalue weighted by Crippen LogP contribution is -2.56. The highest BCUT2D eigenvalue weighted by Crippen LogP contribution is 2.46. The van der Waals surface area contributed by atoms with E-state index in [1.165, 1.54) is 12.0 Å². The van der Waals surface area contributed by atoms with Crippen molar-refractivity contribution in [1.29, 1.82) is 0 Å². The van der Waals surface area contributed by atoms with Gasteiger partial charge in [-0.15, -0.1) is 0 Å². The molecule has 4 rings (SSSR count). The van der Waals surface area contributed by atoms with Crippen LogP contribution in [0.4, 0.5) is 0 Å². The monoisotopic (exact) mass is 284 g/mol. The van der Waals surface area contributed by atoms with Gasteiger partial charge in [-0.05, 0) is 44.8 Å². The summed E-state index contributed by atoms with van der Waals surface area (Å²) in [7, 11) is 2.22. The van der Waals surface area contributed by atoms with Crippen LogP contribution in [0.15, 0.2) is 30.3 Å². The Hall–Kier alpha value is -1.35. The number of hydrogen-bond acceptors (Lipinski definition) is 2. The molecule has 1 aliphatic carbocycles. The second-order valence-corrected chi connectivity index (χ2v) is 7.08. The number of likely N-dealkylation sites (tertiary alicyclic amines) is 2. The van der Waals surface area contributed by atoms with Gasteiger partial charge in [0.1, 0.15) is 0 Å². The van der Waals surface area contributed by atoms with Crippen molar-refractivity contribution in [3.63, 3.8) is 0 Å². The molecule has 0 spiro atoms. The van der Waals surface area contributed by atoms with Crippen LogP contribution >= 0.6 is 0 Å². The molecule has 2 saturated heterocycles. The maximum atomic E-state index is 12.4. The van der Waals surface area contributed by atoms with Crippen molar-refractivity contribution in [1.82, 2.24) is 9.80 Å². The van der Waals surface area contributed by atoms with Crippen molar-refractivity contribution in [2.75, 3.05) is 26.7 Å². The number of amides is 1. The quantitative estimate of drug-likeness (QED) is 0.832. The Bertz CT molecular complexity index is 539. The van der Waals surface area contributed by atoms with Gasteiger partial charge in [0, 0.05) is 30.5 Å². The van der Waals surface area contributed by atoms with Crippen LogP contribution in [0.25, 0.3) is 0 Å². The zero-order valence-corrected chi connectivity index (χ0v) is 12.8. The van der Waals surface area contributed by atoms with Crippen LogP contribution in [0.2, 0.25) is 0 Å². The molecular formula is C18H24N2O. The molecule has 1 aromatic carbocycles. The highest BCUT2D eigenvalue weighted by molar-refractivity contribution is 5.81. The zero-order valence-electron chi connectivity index (χ0n) is 12.8. The molecule has 3 nitrogen and oxygen atoms in total. The molecule has 3 aliphatic rings. The third kappa shape index (κ3) is 2.10. The molecule has 2 atom stereocenters. The van der Waals surface area contributed by atoms with Crippen LogP contribution < -0.4 is 0 Å². The molecule has 2 heterocycles. The molecule has 0 unspecified atom stereocenters. The number of piperidine rings is 1. The van der Waals surface area contributed by atoms with Crippen LogP contribution in [-0.4, -0.2) is 48.4 Å². The van der Waals surface area contributed by atoms with Crippen LogP contribution in [0.5, 0.6) is 0 Å². The van der Waals surface area contributed by atoms with Gasteiger partial charge in [-0.2, -0.15) is 0 Å². The first kappa shape index (κ1) is 13.3. The van der Waals surface area contributed by atoms with Gasteiger partial charge in [0.15, 0.2) is 0 Å². The second kappa shape index (κ2) is 4.84. The Morgan fingerprint density at radius 1 is 1.14 bits per heavy atom. The maximum absolute atomic E-state index is 12.4. The number of benzene rings is 1. The van der Waals surface area contributed by atoms with E-state index in [2.05, 4.69) is 47.2 Å². The highest BCUT2D eigenvalue weighted by Gasteiger charge is 2.51. The molecule has 1 amide bonds. The number of fused-ring (bicyclic) bond motifs is 1. The van der Waals surface area contributed by atoms with E-state index in [-0.39, 0.29) is 5.41 Å². The maximum Gasteiger partial charge on any atom is 0.225 e. The lowest BCUT2D eigenvalue weighted by molar-refractivity contribution is -0.135. The summed E-state index contributed by atoms with van der Waals surface area (Å²) in [6.07, 6.45) is 4.56. The molecule has 0 bridgehead atoms. The SMILES string of the molecule is CN1CC[C@]2(c3ccccc3)CCN(C(=O)C3CC3)C[C@@H]12. The average Bonchev–Trinajstić information content (AvgIpc) is 3.33. The Balaban J connectivity index is 1.62. The number of likely N-dealkylation sites (N-methyl/N-ethyl adjacent to an activating group) is 1. The van der Waals surface area contributed by atoms with Crippen molar-refractivity contribution in [2.24, 2.45) is 5.92 Å². The highest BCUT2D eigenvalue weighted by atomic mass is 16.2. The molecule has 1 saturated carbocycles. The van der Waals surface area contributed by atoms with Gasteiger partial charge in [-0.3, -0.25) is 4.79 Å². The smallest absolute Gasteiger partial charge is 0.225 e. The summed E-state index contributed by atoms with van der Waals surface area (Å²) in [6, 6.07) is 11.5. The van der Waals surface area contributed by atoms with E-state index in [4.69, 9.17) is 0 Å². The number of hydrogen-bond donors (Lipinski definition) is 0. The van der Waals surface area contributed by atoms with Gasteiger partial charge in [-0.1, -0.05) is 30.3 Å². The summed E-state index contributed by atoms with van der Waals surface area (Å²) < 4.78 is 0. The largest absolute Gasteiger partial charge is 0.341 e. The molecule has 0 radical (unpaired) electrons. The van der Waals surface area contributed by atoms with Crippen molar-refractivity contribution >= 4 is 5.91 Å². The van der Waals surface area contributed by atoms with Crippen LogP contribution in [0.3, 0.4) is 0 Å². The summed E-state index contributed by atoms with van der Waals surface area (Å²) in [5.74, 6) is 0.762. The first-order valence-corrected chi connectivity index (χ1v) is 8.25. The molecule has 112 valence electrons. The predicted octanol–water partition coefficient (Wildman–Crippen LogP) is 2.27. The van der Waals surface area contributed by atoms with Crippen molar-refractivity contribution in [3.05, 3.63) is 35.9 Å². The van der Waals surface area contributed by atoms with Crippen LogP contribution in [0, 0.1) is 5.92 Å². The fraction of sp³-hybridized carbons (Fsp3) is 0.611. The van der Waals surface area contributed by atoms with Gasteiger partial charge < -0.3 is 9.80 Å². The molecular weight excluding hydrogens is 260 g/mol. The summed E-state index contributed by atoms with van der Waals surface area (Å²) in [4.78, 5) is 17.0. The van der Waals surface area contributed by atoms with E-state index in [9.17, 15) is 4.79 Å². The fourth-order valence-electron chi connectivity index (χ4n) is 4.40. The van der Waals surface area contributed by atoms with Crippen LogP contribution in [0.1, 0.15) is 31.2 Å². The van der Waals surface area contributed by atoms with Crippen LogP contribution in [-0.2, 0) is 10.2 Å². The Morgan fingerprint density at radius 2 is 1.86 bits per heavy atom. The molecule has 1 aromatic rings. The standard InChI is InChI=1S/C18H24N2O/c1-19-11-9-18(15-5-3-2-4-6-15)10-12-20(13-16(18)19)17(21)14-7-8-14/h2-6,14,16H,7-13H2,1H3/t16-,18-/m1/s1. The molecule has 3 fully saturated rings. The number of carbonyl (C=O) groups is 1. The van der Waals surface area contributed by atoms with E-state index in [1.807, 2.05) is 0 Å². The van der Waals surface area contributed by atoms with Crippen molar-refractivity contribution < 1.29 is 4.79 Å². The third-order valence-corrected chi connectivity index (χ3v) is 5.89. The normalized spacial score (nSPS) is 33.0. The zero-order chi connectivity index (χ0) is 14.4. The fourth-order valence-corrected chi connectivity index (χ4v) is 4.40. The van der Waals surface area contributed by atoms with Crippen molar-refractivity contribution in [3.8, 4) is 0 Å². The van der Waals surface area contributed by atoms with Gasteiger partial charge >= 0.3 is 0 Å². The first-order valence-electron chi connectivity index (χ1n) is 8.25. The van der Waals surface area contributed by atoms with E-state index in [0.717, 1.165) is 38.9 Å². The Labute approximate surface area is 126 Å². The van der Waals surface area contributed by atoms with E-state index < -0.39 is 0 Å². The third-order valence-electron chi connectivity index (χ3n) is 5.89. The number of carbonyl (C=O) groups excluding carboxylic acids is 1. The minimum Gasteiger partial charge on any atom is -0.341 e. The predicted molar refractivity (Wildman–Crippen MR) is 83.1 cm³/mol. The minimum atomic E-state index is 0.260. The van der Waals surface area contributed by atoms with Gasteiger partial charge in [0.25, 0.3) is 0 Å². The summed E-state index contributed by atoms with van der Waals surface area (Å²) in [5.41, 5.74) is 1.73. The van der Waals surface area contributed by atoms with E-state index in [0.29, 0.717) is 17.9 Å². The Kier molecular flexibility index (Phi) is 3.07. The van der Waals surface area contributed by atoms with Crippen molar-refractivity contribution in [2.45, 2.75) is 37.1 Å².